The van der Waals surface area contributed by atoms with E-state index >= 15 is 0 Å². The molecule has 1 aromatic heterocycles. The normalized spacial score (nSPS) is 16.4. The second-order valence-electron chi connectivity index (χ2n) is 6.88. The predicted molar refractivity (Wildman–Crippen MR) is 106 cm³/mol. The first-order chi connectivity index (χ1) is 12.6. The average molecular weight is 373 g/mol. The molecule has 0 aliphatic heterocycles. The third-order valence-corrected chi connectivity index (χ3v) is 6.11. The Morgan fingerprint density at radius 1 is 1.23 bits per heavy atom. The van der Waals surface area contributed by atoms with Crippen molar-refractivity contribution in [1.29, 1.82) is 0 Å². The van der Waals surface area contributed by atoms with Crippen molar-refractivity contribution >= 4 is 17.7 Å². The van der Waals surface area contributed by atoms with E-state index in [0.29, 0.717) is 6.04 Å². The zero-order valence-electron chi connectivity index (χ0n) is 15.9. The summed E-state index contributed by atoms with van der Waals surface area (Å²) in [6.45, 7) is 6.79. The summed E-state index contributed by atoms with van der Waals surface area (Å²) >= 11 is 1.50. The van der Waals surface area contributed by atoms with Gasteiger partial charge in [-0.25, -0.2) is 0 Å². The molecule has 140 valence electrons. The summed E-state index contributed by atoms with van der Waals surface area (Å²) in [7, 11) is 0. The fourth-order valence-electron chi connectivity index (χ4n) is 3.72. The monoisotopic (exact) mass is 372 g/mol. The van der Waals surface area contributed by atoms with Gasteiger partial charge in [0.05, 0.1) is 5.25 Å². The van der Waals surface area contributed by atoms with Crippen LogP contribution in [0.3, 0.4) is 0 Å². The summed E-state index contributed by atoms with van der Waals surface area (Å²) < 4.78 is 2.02. The Balaban J connectivity index is 1.75. The first-order valence-electron chi connectivity index (χ1n) is 9.56. The number of thioether (sulfide) groups is 1. The highest BCUT2D eigenvalue weighted by atomic mass is 32.2. The van der Waals surface area contributed by atoms with Crippen molar-refractivity contribution in [3.05, 3.63) is 36.2 Å². The zero-order chi connectivity index (χ0) is 18.5. The Labute approximate surface area is 160 Å². The molecule has 26 heavy (non-hydrogen) atoms. The second kappa shape index (κ2) is 8.71. The molecule has 1 saturated carbocycles. The van der Waals surface area contributed by atoms with Crippen molar-refractivity contribution in [2.45, 2.75) is 69.3 Å². The maximum absolute atomic E-state index is 13.1. The number of carbonyl (C=O) groups excluding carboxylic acids is 1. The molecule has 1 aromatic carbocycles. The smallest absolute Gasteiger partial charge is 0.236 e. The molecule has 6 heteroatoms. The fourth-order valence-corrected chi connectivity index (χ4v) is 4.71. The van der Waals surface area contributed by atoms with Gasteiger partial charge in [-0.15, -0.1) is 10.2 Å². The molecule has 0 N–H and O–H groups in total. The number of hydrogen-bond donors (Lipinski definition) is 0. The van der Waals surface area contributed by atoms with Crippen LogP contribution in [0, 0.1) is 6.92 Å². The molecule has 0 unspecified atom stereocenters. The van der Waals surface area contributed by atoms with E-state index in [0.717, 1.165) is 36.1 Å². The van der Waals surface area contributed by atoms with Crippen LogP contribution < -0.4 is 0 Å². The maximum Gasteiger partial charge on any atom is 0.236 e. The second-order valence-corrected chi connectivity index (χ2v) is 8.18. The molecule has 1 aliphatic carbocycles. The van der Waals surface area contributed by atoms with E-state index in [1.54, 1.807) is 0 Å². The molecule has 1 atom stereocenters. The first kappa shape index (κ1) is 19.0. The summed E-state index contributed by atoms with van der Waals surface area (Å²) in [5.74, 6) is 1.04. The third-order valence-electron chi connectivity index (χ3n) is 5.08. The molecule has 0 bridgehead atoms. The van der Waals surface area contributed by atoms with E-state index in [1.165, 1.54) is 31.0 Å². The average Bonchev–Trinajstić information content (AvgIpc) is 3.04. The van der Waals surface area contributed by atoms with Gasteiger partial charge in [-0.1, -0.05) is 49.2 Å². The fraction of sp³-hybridized carbons (Fsp3) is 0.550. The number of amides is 1. The lowest BCUT2D eigenvalue weighted by Crippen LogP contribution is -2.44. The van der Waals surface area contributed by atoms with E-state index in [-0.39, 0.29) is 11.2 Å². The Kier molecular flexibility index (Phi) is 6.35. The van der Waals surface area contributed by atoms with E-state index in [1.807, 2.05) is 48.7 Å². The molecule has 1 heterocycles. The van der Waals surface area contributed by atoms with Gasteiger partial charge < -0.3 is 4.90 Å². The van der Waals surface area contributed by atoms with Crippen LogP contribution in [0.25, 0.3) is 5.69 Å². The molecule has 1 aliphatic rings. The Morgan fingerprint density at radius 3 is 2.58 bits per heavy atom. The van der Waals surface area contributed by atoms with Gasteiger partial charge in [0, 0.05) is 18.3 Å². The lowest BCUT2D eigenvalue weighted by atomic mass is 9.94. The van der Waals surface area contributed by atoms with Gasteiger partial charge >= 0.3 is 0 Å². The number of hydrogen-bond acceptors (Lipinski definition) is 4. The molecular weight excluding hydrogens is 344 g/mol. The number of carbonyl (C=O) groups is 1. The standard InChI is InChI=1S/C20H28N4OS/c1-4-23(17-11-7-5-8-12-17)19(25)15(2)26-20-22-21-16(3)24(20)18-13-9-6-10-14-18/h6,9-10,13-15,17H,4-5,7-8,11-12H2,1-3H3/t15-/m1/s1. The highest BCUT2D eigenvalue weighted by Gasteiger charge is 2.29. The Bertz CT molecular complexity index is 725. The topological polar surface area (TPSA) is 51.0 Å². The van der Waals surface area contributed by atoms with Crippen LogP contribution in [-0.4, -0.2) is 43.4 Å². The van der Waals surface area contributed by atoms with Gasteiger partial charge in [0.2, 0.25) is 5.91 Å². The van der Waals surface area contributed by atoms with Crippen molar-refractivity contribution in [1.82, 2.24) is 19.7 Å². The maximum atomic E-state index is 13.1. The van der Waals surface area contributed by atoms with Crippen molar-refractivity contribution < 1.29 is 4.79 Å². The molecule has 1 fully saturated rings. The highest BCUT2D eigenvalue weighted by Crippen LogP contribution is 2.29. The molecular formula is C20H28N4OS. The van der Waals surface area contributed by atoms with Crippen LogP contribution in [0.15, 0.2) is 35.5 Å². The van der Waals surface area contributed by atoms with E-state index < -0.39 is 0 Å². The largest absolute Gasteiger partial charge is 0.339 e. The number of aromatic nitrogens is 3. The molecule has 3 rings (SSSR count). The lowest BCUT2D eigenvalue weighted by Gasteiger charge is -2.35. The molecule has 0 radical (unpaired) electrons. The first-order valence-corrected chi connectivity index (χ1v) is 10.4. The molecule has 2 aromatic rings. The summed E-state index contributed by atoms with van der Waals surface area (Å²) in [5.41, 5.74) is 1.02. The minimum atomic E-state index is -0.178. The van der Waals surface area contributed by atoms with E-state index in [4.69, 9.17) is 0 Å². The van der Waals surface area contributed by atoms with Gasteiger partial charge in [-0.2, -0.15) is 0 Å². The van der Waals surface area contributed by atoms with E-state index in [2.05, 4.69) is 22.0 Å². The van der Waals surface area contributed by atoms with Gasteiger partial charge in [-0.3, -0.25) is 9.36 Å². The van der Waals surface area contributed by atoms with Crippen LogP contribution in [0.4, 0.5) is 0 Å². The van der Waals surface area contributed by atoms with Crippen molar-refractivity contribution in [3.63, 3.8) is 0 Å². The van der Waals surface area contributed by atoms with Crippen molar-refractivity contribution in [2.75, 3.05) is 6.54 Å². The number of rotatable bonds is 6. The number of nitrogens with zero attached hydrogens (tertiary/aromatic N) is 4. The zero-order valence-corrected chi connectivity index (χ0v) is 16.7. The quantitative estimate of drug-likeness (QED) is 0.712. The summed E-state index contributed by atoms with van der Waals surface area (Å²) in [4.78, 5) is 15.2. The van der Waals surface area contributed by atoms with Crippen LogP contribution >= 0.6 is 11.8 Å². The minimum Gasteiger partial charge on any atom is -0.339 e. The van der Waals surface area contributed by atoms with Gasteiger partial charge in [0.1, 0.15) is 5.82 Å². The molecule has 1 amide bonds. The predicted octanol–water partition coefficient (Wildman–Crippen LogP) is 4.24. The van der Waals surface area contributed by atoms with Gasteiger partial charge in [0.15, 0.2) is 5.16 Å². The van der Waals surface area contributed by atoms with Crippen LogP contribution in [0.5, 0.6) is 0 Å². The number of benzene rings is 1. The number of para-hydroxylation sites is 1. The van der Waals surface area contributed by atoms with Crippen LogP contribution in [0.2, 0.25) is 0 Å². The SMILES string of the molecule is CCN(C(=O)[C@@H](C)Sc1nnc(C)n1-c1ccccc1)C1CCCCC1. The molecule has 0 spiro atoms. The minimum absolute atomic E-state index is 0.178. The van der Waals surface area contributed by atoms with Crippen LogP contribution in [0.1, 0.15) is 51.8 Å². The summed E-state index contributed by atoms with van der Waals surface area (Å²) in [5, 5.41) is 9.14. The van der Waals surface area contributed by atoms with Gasteiger partial charge in [0.25, 0.3) is 0 Å². The summed E-state index contributed by atoms with van der Waals surface area (Å²) in [6.07, 6.45) is 6.04. The van der Waals surface area contributed by atoms with Crippen LogP contribution in [-0.2, 0) is 4.79 Å². The highest BCUT2D eigenvalue weighted by molar-refractivity contribution is 8.00. The molecule has 5 nitrogen and oxygen atoms in total. The summed E-state index contributed by atoms with van der Waals surface area (Å²) in [6, 6.07) is 10.5. The van der Waals surface area contributed by atoms with Crippen molar-refractivity contribution in [2.24, 2.45) is 0 Å². The Morgan fingerprint density at radius 2 is 1.92 bits per heavy atom. The molecule has 0 saturated heterocycles. The van der Waals surface area contributed by atoms with E-state index in [9.17, 15) is 4.79 Å². The lowest BCUT2D eigenvalue weighted by molar-refractivity contribution is -0.133. The van der Waals surface area contributed by atoms with Gasteiger partial charge in [-0.05, 0) is 45.7 Å². The third kappa shape index (κ3) is 4.11. The van der Waals surface area contributed by atoms with Crippen molar-refractivity contribution in [3.8, 4) is 5.69 Å². The number of aryl methyl sites for hydroxylation is 1. The Hall–Kier alpha value is -1.82.